The molecule has 0 aliphatic heterocycles. The van der Waals surface area contributed by atoms with Gasteiger partial charge in [0.05, 0.1) is 19.8 Å². The van der Waals surface area contributed by atoms with E-state index < -0.39 is 6.10 Å². The van der Waals surface area contributed by atoms with E-state index in [0.29, 0.717) is 19.0 Å². The molecule has 0 amide bonds. The van der Waals surface area contributed by atoms with Crippen LogP contribution in [0.3, 0.4) is 0 Å². The van der Waals surface area contributed by atoms with Gasteiger partial charge in [-0.3, -0.25) is 0 Å². The van der Waals surface area contributed by atoms with E-state index in [9.17, 15) is 5.11 Å². The maximum atomic E-state index is 9.68. The minimum Gasteiger partial charge on any atom is -0.491 e. The van der Waals surface area contributed by atoms with E-state index >= 15 is 0 Å². The number of aliphatic hydroxyl groups excluding tert-OH is 1. The summed E-state index contributed by atoms with van der Waals surface area (Å²) in [6, 6.07) is 7.69. The summed E-state index contributed by atoms with van der Waals surface area (Å²) in [5, 5.41) is 9.68. The molecule has 5 nitrogen and oxygen atoms in total. The second-order valence-electron chi connectivity index (χ2n) is 4.62. The van der Waals surface area contributed by atoms with E-state index in [1.807, 2.05) is 24.3 Å². The van der Waals surface area contributed by atoms with Crippen molar-refractivity contribution in [1.29, 1.82) is 0 Å². The van der Waals surface area contributed by atoms with Gasteiger partial charge in [0.2, 0.25) is 0 Å². The molecule has 0 aromatic heterocycles. The number of methoxy groups -OCH3 is 1. The molecule has 2 atom stereocenters. The van der Waals surface area contributed by atoms with E-state index in [1.54, 1.807) is 7.11 Å². The molecule has 0 radical (unpaired) electrons. The Labute approximate surface area is 120 Å². The van der Waals surface area contributed by atoms with Gasteiger partial charge < -0.3 is 25.1 Å². The Balaban J connectivity index is 2.27. The lowest BCUT2D eigenvalue weighted by Gasteiger charge is -2.14. The molecule has 0 heterocycles. The summed E-state index contributed by atoms with van der Waals surface area (Å²) in [5.74, 6) is 0.716. The predicted molar refractivity (Wildman–Crippen MR) is 77.9 cm³/mol. The lowest BCUT2D eigenvalue weighted by molar-refractivity contribution is -0.00419. The Kier molecular flexibility index (Phi) is 8.22. The first kappa shape index (κ1) is 16.9. The SMILES string of the molecule is CC[C@H](N)c1ccc(OCC(O)COCCOC)cc1. The molecule has 0 aliphatic rings. The van der Waals surface area contributed by atoms with Gasteiger partial charge in [-0.25, -0.2) is 0 Å². The van der Waals surface area contributed by atoms with E-state index in [1.165, 1.54) is 0 Å². The summed E-state index contributed by atoms with van der Waals surface area (Å²) in [5.41, 5.74) is 7.02. The van der Waals surface area contributed by atoms with Crippen LogP contribution in [-0.2, 0) is 9.47 Å². The zero-order chi connectivity index (χ0) is 14.8. The van der Waals surface area contributed by atoms with Crippen molar-refractivity contribution in [1.82, 2.24) is 0 Å². The predicted octanol–water partition coefficient (Wildman–Crippen LogP) is 1.50. The van der Waals surface area contributed by atoms with Crippen LogP contribution < -0.4 is 10.5 Å². The minimum absolute atomic E-state index is 0.0591. The number of ether oxygens (including phenoxy) is 3. The number of benzene rings is 1. The lowest BCUT2D eigenvalue weighted by atomic mass is 10.1. The highest BCUT2D eigenvalue weighted by Gasteiger charge is 2.07. The quantitative estimate of drug-likeness (QED) is 0.637. The van der Waals surface area contributed by atoms with Crippen LogP contribution in [0, 0.1) is 0 Å². The zero-order valence-corrected chi connectivity index (χ0v) is 12.2. The highest BCUT2D eigenvalue weighted by atomic mass is 16.5. The summed E-state index contributed by atoms with van der Waals surface area (Å²) >= 11 is 0. The number of aliphatic hydroxyl groups is 1. The van der Waals surface area contributed by atoms with Gasteiger partial charge in [0.1, 0.15) is 18.5 Å². The first-order chi connectivity index (χ1) is 9.67. The third kappa shape index (κ3) is 6.34. The van der Waals surface area contributed by atoms with Gasteiger partial charge >= 0.3 is 0 Å². The summed E-state index contributed by atoms with van der Waals surface area (Å²) in [4.78, 5) is 0. The van der Waals surface area contributed by atoms with Crippen molar-refractivity contribution in [3.63, 3.8) is 0 Å². The fourth-order valence-electron chi connectivity index (χ4n) is 1.65. The van der Waals surface area contributed by atoms with Crippen LogP contribution in [0.25, 0.3) is 0 Å². The molecule has 3 N–H and O–H groups in total. The summed E-state index contributed by atoms with van der Waals surface area (Å²) in [6.45, 7) is 3.48. The van der Waals surface area contributed by atoms with Gasteiger partial charge in [0.15, 0.2) is 0 Å². The largest absolute Gasteiger partial charge is 0.491 e. The molecule has 0 fully saturated rings. The van der Waals surface area contributed by atoms with Gasteiger partial charge in [-0.05, 0) is 24.1 Å². The van der Waals surface area contributed by atoms with Gasteiger partial charge in [-0.2, -0.15) is 0 Å². The van der Waals surface area contributed by atoms with Crippen molar-refractivity contribution in [3.05, 3.63) is 29.8 Å². The van der Waals surface area contributed by atoms with Crippen LogP contribution in [0.1, 0.15) is 24.9 Å². The number of rotatable bonds is 10. The van der Waals surface area contributed by atoms with E-state index in [4.69, 9.17) is 19.9 Å². The van der Waals surface area contributed by atoms with Crippen LogP contribution in [0.2, 0.25) is 0 Å². The highest BCUT2D eigenvalue weighted by molar-refractivity contribution is 5.28. The molecule has 0 saturated heterocycles. The van der Waals surface area contributed by atoms with E-state index in [-0.39, 0.29) is 19.3 Å². The Bertz CT molecular complexity index is 355. The average molecular weight is 283 g/mol. The Morgan fingerprint density at radius 2 is 1.85 bits per heavy atom. The number of hydrogen-bond acceptors (Lipinski definition) is 5. The molecule has 1 rings (SSSR count). The molecule has 5 heteroatoms. The molecule has 0 aliphatic carbocycles. The third-order valence-corrected chi connectivity index (χ3v) is 2.93. The van der Waals surface area contributed by atoms with Gasteiger partial charge in [0, 0.05) is 13.2 Å². The maximum absolute atomic E-state index is 9.68. The van der Waals surface area contributed by atoms with Crippen molar-refractivity contribution < 1.29 is 19.3 Å². The summed E-state index contributed by atoms with van der Waals surface area (Å²) < 4.78 is 15.6. The van der Waals surface area contributed by atoms with Gasteiger partial charge in [-0.1, -0.05) is 19.1 Å². The van der Waals surface area contributed by atoms with Crippen LogP contribution >= 0.6 is 0 Å². The van der Waals surface area contributed by atoms with Crippen molar-refractivity contribution in [2.75, 3.05) is 33.5 Å². The van der Waals surface area contributed by atoms with E-state index in [2.05, 4.69) is 6.92 Å². The smallest absolute Gasteiger partial charge is 0.119 e. The number of hydrogen-bond donors (Lipinski definition) is 2. The van der Waals surface area contributed by atoms with Crippen molar-refractivity contribution in [2.45, 2.75) is 25.5 Å². The summed E-state index contributed by atoms with van der Waals surface area (Å²) in [6.07, 6.45) is 0.252. The first-order valence-electron chi connectivity index (χ1n) is 6.90. The Morgan fingerprint density at radius 1 is 1.15 bits per heavy atom. The second kappa shape index (κ2) is 9.72. The fraction of sp³-hybridized carbons (Fsp3) is 0.600. The highest BCUT2D eigenvalue weighted by Crippen LogP contribution is 2.18. The maximum Gasteiger partial charge on any atom is 0.119 e. The normalized spacial score (nSPS) is 14.0. The topological polar surface area (TPSA) is 73.9 Å². The molecular weight excluding hydrogens is 258 g/mol. The monoisotopic (exact) mass is 283 g/mol. The van der Waals surface area contributed by atoms with Crippen LogP contribution in [0.15, 0.2) is 24.3 Å². The first-order valence-corrected chi connectivity index (χ1v) is 6.90. The minimum atomic E-state index is -0.649. The lowest BCUT2D eigenvalue weighted by Crippen LogP contribution is -2.24. The molecule has 0 saturated carbocycles. The fourth-order valence-corrected chi connectivity index (χ4v) is 1.65. The van der Waals surface area contributed by atoms with Crippen LogP contribution in [0.5, 0.6) is 5.75 Å². The van der Waals surface area contributed by atoms with Crippen molar-refractivity contribution in [2.24, 2.45) is 5.73 Å². The number of nitrogens with two attached hydrogens (primary N) is 1. The van der Waals surface area contributed by atoms with Gasteiger partial charge in [-0.15, -0.1) is 0 Å². The average Bonchev–Trinajstić information content (AvgIpc) is 2.49. The molecule has 1 aromatic carbocycles. The molecule has 0 bridgehead atoms. The Morgan fingerprint density at radius 3 is 2.45 bits per heavy atom. The van der Waals surface area contributed by atoms with Crippen LogP contribution in [-0.4, -0.2) is 44.7 Å². The molecule has 0 spiro atoms. The standard InChI is InChI=1S/C15H25NO4/c1-3-15(16)12-4-6-14(7-5-12)20-11-13(17)10-19-9-8-18-2/h4-7,13,15,17H,3,8-11,16H2,1-2H3/t13?,15-/m0/s1. The summed E-state index contributed by atoms with van der Waals surface area (Å²) in [7, 11) is 1.61. The third-order valence-electron chi connectivity index (χ3n) is 2.93. The van der Waals surface area contributed by atoms with Gasteiger partial charge in [0.25, 0.3) is 0 Å². The molecule has 20 heavy (non-hydrogen) atoms. The Hall–Kier alpha value is -1.14. The van der Waals surface area contributed by atoms with Crippen LogP contribution in [0.4, 0.5) is 0 Å². The second-order valence-corrected chi connectivity index (χ2v) is 4.62. The molecule has 1 aromatic rings. The van der Waals surface area contributed by atoms with Crippen molar-refractivity contribution in [3.8, 4) is 5.75 Å². The molecule has 114 valence electrons. The van der Waals surface area contributed by atoms with E-state index in [0.717, 1.165) is 12.0 Å². The molecular formula is C15H25NO4. The zero-order valence-electron chi connectivity index (χ0n) is 12.2. The van der Waals surface area contributed by atoms with Crippen molar-refractivity contribution >= 4 is 0 Å². The molecule has 1 unspecified atom stereocenters.